The maximum absolute atomic E-state index is 13.5. The second-order valence-corrected chi connectivity index (χ2v) is 20.2. The first-order valence-corrected chi connectivity index (χ1v) is 28.9. The number of hydrogen-bond acceptors (Lipinski definition) is 15. The van der Waals surface area contributed by atoms with E-state index in [0.29, 0.717) is 31.4 Å². The topological polar surface area (TPSA) is 181 Å². The van der Waals surface area contributed by atoms with E-state index in [0.717, 1.165) is 147 Å². The molecule has 0 spiro atoms. The van der Waals surface area contributed by atoms with E-state index < -0.39 is 48.0 Å². The first-order valence-electron chi connectivity index (χ1n) is 27.9. The van der Waals surface area contributed by atoms with Crippen molar-refractivity contribution in [3.8, 4) is 0 Å². The lowest BCUT2D eigenvalue weighted by Gasteiger charge is -2.23. The van der Waals surface area contributed by atoms with Gasteiger partial charge in [-0.2, -0.15) is 0 Å². The fourth-order valence-electron chi connectivity index (χ4n) is 7.51. The quantitative estimate of drug-likeness (QED) is 0.0319. The molecule has 0 saturated heterocycles. The average Bonchev–Trinajstić information content (AvgIpc) is 3.34. The van der Waals surface area contributed by atoms with Crippen molar-refractivity contribution in [1.82, 2.24) is 9.80 Å². The zero-order valence-electron chi connectivity index (χ0n) is 45.5. The van der Waals surface area contributed by atoms with Gasteiger partial charge in [-0.05, 0) is 52.7 Å². The molecule has 0 N–H and O–H groups in total. The summed E-state index contributed by atoms with van der Waals surface area (Å²) in [4.78, 5) is 94.0. The Labute approximate surface area is 434 Å². The van der Waals surface area contributed by atoms with Crippen molar-refractivity contribution in [1.29, 1.82) is 0 Å². The van der Waals surface area contributed by atoms with E-state index in [2.05, 4.69) is 27.7 Å². The van der Waals surface area contributed by atoms with E-state index >= 15 is 0 Å². The number of nitrogens with zero attached hydrogens (tertiary/aromatic N) is 2. The number of amides is 1. The highest BCUT2D eigenvalue weighted by Gasteiger charge is 2.24. The summed E-state index contributed by atoms with van der Waals surface area (Å²) in [6, 6.07) is 0. The summed E-state index contributed by atoms with van der Waals surface area (Å²) in [5, 5.41) is -0.322. The van der Waals surface area contributed by atoms with Crippen LogP contribution in [0.3, 0.4) is 0 Å². The number of hydrogen-bond donors (Lipinski definition) is 0. The summed E-state index contributed by atoms with van der Waals surface area (Å²) >= 11 is 1.09. The fraction of sp³-hybridized carbons (Fsp3) is 0.873. The van der Waals surface area contributed by atoms with Crippen LogP contribution in [0.2, 0.25) is 0 Å². The highest BCUT2D eigenvalue weighted by molar-refractivity contribution is 8.13. The van der Waals surface area contributed by atoms with Gasteiger partial charge >= 0.3 is 35.8 Å². The van der Waals surface area contributed by atoms with Crippen LogP contribution >= 0.6 is 11.8 Å². The van der Waals surface area contributed by atoms with E-state index in [-0.39, 0.29) is 83.3 Å². The van der Waals surface area contributed by atoms with Gasteiger partial charge in [0, 0.05) is 44.5 Å². The molecule has 0 aliphatic carbocycles. The Morgan fingerprint density at radius 1 is 0.352 bits per heavy atom. The number of unbranched alkanes of at least 4 members (excludes halogenated alkanes) is 21. The van der Waals surface area contributed by atoms with Gasteiger partial charge in [0.15, 0.2) is 12.2 Å². The minimum atomic E-state index is -0.994. The molecule has 0 rings (SSSR count). The SMILES string of the molecule is CCCCCCCCCC(=O)O[C@H](COC(=O)CCCCCCCC)COC(=O)CCN(CCC(=O)OC[C@@H](COC(=O)CCCCCCCC)OC(=O)CCCCCCCC)C(=O)SCCCN(C)C. The molecule has 0 fully saturated rings. The van der Waals surface area contributed by atoms with Crippen molar-refractivity contribution in [2.24, 2.45) is 0 Å². The molecule has 0 radical (unpaired) electrons. The van der Waals surface area contributed by atoms with Gasteiger partial charge in [0.1, 0.15) is 26.4 Å². The Kier molecular flexibility index (Phi) is 46.5. The lowest BCUT2D eigenvalue weighted by atomic mass is 10.1. The van der Waals surface area contributed by atoms with Crippen LogP contribution in [-0.4, -0.2) is 129 Å². The van der Waals surface area contributed by atoms with Gasteiger partial charge in [-0.25, -0.2) is 0 Å². The van der Waals surface area contributed by atoms with Crippen molar-refractivity contribution in [2.75, 3.05) is 65.9 Å². The number of thioether (sulfide) groups is 1. The summed E-state index contributed by atoms with van der Waals surface area (Å²) in [5.74, 6) is -2.52. The van der Waals surface area contributed by atoms with Gasteiger partial charge in [0.25, 0.3) is 5.24 Å². The Hall–Kier alpha value is -3.40. The van der Waals surface area contributed by atoms with Gasteiger partial charge in [-0.3, -0.25) is 33.6 Å². The second kappa shape index (κ2) is 48.8. The molecule has 0 aromatic heterocycles. The molecule has 0 aliphatic heterocycles. The van der Waals surface area contributed by atoms with E-state index in [1.807, 2.05) is 19.0 Å². The molecule has 0 heterocycles. The predicted octanol–water partition coefficient (Wildman–Crippen LogP) is 12.3. The van der Waals surface area contributed by atoms with Crippen molar-refractivity contribution in [3.05, 3.63) is 0 Å². The number of esters is 6. The molecule has 1 amide bonds. The average molecular weight is 1030 g/mol. The largest absolute Gasteiger partial charge is 0.462 e. The molecular formula is C55H100N2O13S. The number of ether oxygens (including phenoxy) is 6. The van der Waals surface area contributed by atoms with Gasteiger partial charge in [-0.15, -0.1) is 0 Å². The molecule has 414 valence electrons. The van der Waals surface area contributed by atoms with Crippen molar-refractivity contribution in [2.45, 2.75) is 245 Å². The molecule has 2 atom stereocenters. The third-order valence-corrected chi connectivity index (χ3v) is 12.9. The number of carbonyl (C=O) groups is 7. The maximum atomic E-state index is 13.5. The van der Waals surface area contributed by atoms with Gasteiger partial charge in [0.05, 0.1) is 12.8 Å². The molecule has 0 bridgehead atoms. The number of carbonyl (C=O) groups excluding carboxylic acids is 7. The first-order chi connectivity index (χ1) is 34.3. The van der Waals surface area contributed by atoms with E-state index in [9.17, 15) is 33.6 Å². The standard InChI is InChI=1S/C55H100N2O13S/c1-7-11-15-19-23-27-31-36-54(63)70-48(44-66-50(59)34-29-25-21-17-13-9-3)46-68-52(61)38-41-57(55(64)71-42-32-39-56(5)6)40-37-51(60)67-45-47(69-53(62)35-30-26-22-18-14-10-4)43-65-49(58)33-28-24-20-16-12-8-2/h47-48H,7-46H2,1-6H3/t47-,48-/m1/s1. The second-order valence-electron chi connectivity index (χ2n) is 19.1. The third-order valence-electron chi connectivity index (χ3n) is 11.9. The van der Waals surface area contributed by atoms with Crippen molar-refractivity contribution in [3.63, 3.8) is 0 Å². The summed E-state index contributed by atoms with van der Waals surface area (Å²) < 4.78 is 33.3. The molecule has 0 aromatic rings. The minimum Gasteiger partial charge on any atom is -0.462 e. The van der Waals surface area contributed by atoms with Crippen molar-refractivity contribution >= 4 is 52.8 Å². The zero-order chi connectivity index (χ0) is 52.6. The van der Waals surface area contributed by atoms with Crippen LogP contribution in [0.1, 0.15) is 233 Å². The Balaban J connectivity index is 5.58. The summed E-state index contributed by atoms with van der Waals surface area (Å²) in [6.07, 6.45) is 24.7. The predicted molar refractivity (Wildman–Crippen MR) is 282 cm³/mol. The van der Waals surface area contributed by atoms with Crippen LogP contribution in [0.25, 0.3) is 0 Å². The molecule has 0 aliphatic rings. The molecule has 71 heavy (non-hydrogen) atoms. The van der Waals surface area contributed by atoms with Crippen LogP contribution in [-0.2, 0) is 57.2 Å². The third kappa shape index (κ3) is 45.0. The Bertz CT molecular complexity index is 1380. The van der Waals surface area contributed by atoms with Gasteiger partial charge in [-0.1, -0.05) is 174 Å². The molecule has 16 heteroatoms. The van der Waals surface area contributed by atoms with E-state index in [1.165, 1.54) is 17.7 Å². The van der Waals surface area contributed by atoms with E-state index in [4.69, 9.17) is 28.4 Å². The normalized spacial score (nSPS) is 12.0. The Morgan fingerprint density at radius 3 is 0.944 bits per heavy atom. The fourth-order valence-corrected chi connectivity index (χ4v) is 8.32. The highest BCUT2D eigenvalue weighted by Crippen LogP contribution is 2.16. The highest BCUT2D eigenvalue weighted by atomic mass is 32.2. The van der Waals surface area contributed by atoms with Crippen LogP contribution in [0.15, 0.2) is 0 Å². The lowest BCUT2D eigenvalue weighted by molar-refractivity contribution is -0.167. The zero-order valence-corrected chi connectivity index (χ0v) is 46.4. The van der Waals surface area contributed by atoms with Gasteiger partial charge in [0.2, 0.25) is 0 Å². The first kappa shape index (κ1) is 67.6. The molecule has 0 aromatic carbocycles. The summed E-state index contributed by atoms with van der Waals surface area (Å²) in [5.41, 5.74) is 0. The Morgan fingerprint density at radius 2 is 0.634 bits per heavy atom. The van der Waals surface area contributed by atoms with Crippen LogP contribution in [0, 0.1) is 0 Å². The summed E-state index contributed by atoms with van der Waals surface area (Å²) in [6.45, 7) is 8.11. The van der Waals surface area contributed by atoms with E-state index in [1.54, 1.807) is 0 Å². The molecule has 0 saturated carbocycles. The lowest BCUT2D eigenvalue weighted by Crippen LogP contribution is -2.35. The van der Waals surface area contributed by atoms with Gasteiger partial charge < -0.3 is 38.2 Å². The van der Waals surface area contributed by atoms with Crippen LogP contribution < -0.4 is 0 Å². The van der Waals surface area contributed by atoms with Crippen LogP contribution in [0.4, 0.5) is 4.79 Å². The minimum absolute atomic E-state index is 0.0607. The summed E-state index contributed by atoms with van der Waals surface area (Å²) in [7, 11) is 3.89. The van der Waals surface area contributed by atoms with Crippen molar-refractivity contribution < 1.29 is 62.0 Å². The monoisotopic (exact) mass is 1030 g/mol. The smallest absolute Gasteiger partial charge is 0.307 e. The molecular weight excluding hydrogens is 929 g/mol. The number of rotatable bonds is 49. The molecule has 15 nitrogen and oxygen atoms in total. The van der Waals surface area contributed by atoms with Crippen LogP contribution in [0.5, 0.6) is 0 Å². The maximum Gasteiger partial charge on any atom is 0.307 e. The molecule has 0 unspecified atom stereocenters.